The van der Waals surface area contributed by atoms with Gasteiger partial charge < -0.3 is 4.74 Å². The van der Waals surface area contributed by atoms with Gasteiger partial charge >= 0.3 is 0 Å². The Morgan fingerprint density at radius 3 is 2.60 bits per heavy atom. The maximum absolute atomic E-state index is 13.1. The number of hydrogen-bond acceptors (Lipinski definition) is 6. The SMILES string of the molecule is CC1CN(S(=O)(=O)c2ccc(Cl)c(C(=O)Nc3nc4ccccc4s3)c2)CC(C)O1. The summed E-state index contributed by atoms with van der Waals surface area (Å²) in [6.07, 6.45) is -0.421. The van der Waals surface area contributed by atoms with Gasteiger partial charge in [-0.2, -0.15) is 4.31 Å². The van der Waals surface area contributed by atoms with E-state index in [1.807, 2.05) is 38.1 Å². The minimum Gasteiger partial charge on any atom is -0.373 e. The smallest absolute Gasteiger partial charge is 0.259 e. The monoisotopic (exact) mass is 465 g/mol. The van der Waals surface area contributed by atoms with E-state index in [9.17, 15) is 13.2 Å². The number of rotatable bonds is 4. The number of sulfonamides is 1. The molecular weight excluding hydrogens is 446 g/mol. The molecule has 0 spiro atoms. The van der Waals surface area contributed by atoms with Crippen molar-refractivity contribution in [2.45, 2.75) is 31.0 Å². The third kappa shape index (κ3) is 4.21. The Hall–Kier alpha value is -2.04. The lowest BCUT2D eigenvalue weighted by molar-refractivity contribution is -0.0440. The van der Waals surface area contributed by atoms with Gasteiger partial charge in [-0.25, -0.2) is 13.4 Å². The van der Waals surface area contributed by atoms with Crippen LogP contribution in [0.15, 0.2) is 47.4 Å². The van der Waals surface area contributed by atoms with Gasteiger partial charge in [-0.15, -0.1) is 0 Å². The number of halogens is 1. The van der Waals surface area contributed by atoms with Crippen LogP contribution in [-0.4, -0.2) is 48.9 Å². The van der Waals surface area contributed by atoms with E-state index in [1.54, 1.807) is 0 Å². The Balaban J connectivity index is 1.61. The molecule has 2 atom stereocenters. The van der Waals surface area contributed by atoms with E-state index in [-0.39, 0.29) is 40.8 Å². The zero-order valence-electron chi connectivity index (χ0n) is 16.3. The molecule has 30 heavy (non-hydrogen) atoms. The van der Waals surface area contributed by atoms with Crippen molar-refractivity contribution < 1.29 is 17.9 Å². The van der Waals surface area contributed by atoms with Gasteiger partial charge in [0.1, 0.15) is 0 Å². The second kappa shape index (κ2) is 8.24. The van der Waals surface area contributed by atoms with Crippen LogP contribution < -0.4 is 5.32 Å². The van der Waals surface area contributed by atoms with Crippen molar-refractivity contribution in [3.63, 3.8) is 0 Å². The second-order valence-corrected chi connectivity index (χ2v) is 10.5. The predicted octanol–water partition coefficient (Wildman–Crippen LogP) is 4.00. The van der Waals surface area contributed by atoms with Crippen molar-refractivity contribution >= 4 is 54.2 Å². The number of morpholine rings is 1. The molecule has 10 heteroatoms. The number of carbonyl (C=O) groups is 1. The molecule has 7 nitrogen and oxygen atoms in total. The van der Waals surface area contributed by atoms with Crippen LogP contribution in [0.25, 0.3) is 10.2 Å². The minimum atomic E-state index is -3.79. The zero-order chi connectivity index (χ0) is 21.5. The highest BCUT2D eigenvalue weighted by molar-refractivity contribution is 7.89. The number of para-hydroxylation sites is 1. The fourth-order valence-electron chi connectivity index (χ4n) is 3.41. The second-order valence-electron chi connectivity index (χ2n) is 7.16. The summed E-state index contributed by atoms with van der Waals surface area (Å²) >= 11 is 7.54. The Morgan fingerprint density at radius 1 is 1.20 bits per heavy atom. The molecular formula is C20H20ClN3O4S2. The number of amides is 1. The number of hydrogen-bond donors (Lipinski definition) is 1. The van der Waals surface area contributed by atoms with Crippen LogP contribution in [0, 0.1) is 0 Å². The van der Waals surface area contributed by atoms with Gasteiger partial charge in [0, 0.05) is 13.1 Å². The lowest BCUT2D eigenvalue weighted by Gasteiger charge is -2.34. The topological polar surface area (TPSA) is 88.6 Å². The summed E-state index contributed by atoms with van der Waals surface area (Å²) in [5, 5.41) is 3.30. The maximum atomic E-state index is 13.1. The summed E-state index contributed by atoms with van der Waals surface area (Å²) in [7, 11) is -3.79. The predicted molar refractivity (Wildman–Crippen MR) is 118 cm³/mol. The molecule has 0 bridgehead atoms. The summed E-state index contributed by atoms with van der Waals surface area (Å²) in [5.74, 6) is -0.514. The Morgan fingerprint density at radius 2 is 1.90 bits per heavy atom. The zero-order valence-corrected chi connectivity index (χ0v) is 18.7. The van der Waals surface area contributed by atoms with E-state index in [0.717, 1.165) is 10.2 Å². The molecule has 1 aliphatic rings. The van der Waals surface area contributed by atoms with Crippen LogP contribution in [0.5, 0.6) is 0 Å². The van der Waals surface area contributed by atoms with Crippen molar-refractivity contribution in [3.8, 4) is 0 Å². The molecule has 1 saturated heterocycles. The summed E-state index contributed by atoms with van der Waals surface area (Å²) in [5.41, 5.74) is 0.849. The van der Waals surface area contributed by atoms with Crippen LogP contribution in [0.3, 0.4) is 0 Å². The third-order valence-electron chi connectivity index (χ3n) is 4.72. The van der Waals surface area contributed by atoms with E-state index in [0.29, 0.717) is 5.13 Å². The molecule has 4 rings (SSSR count). The largest absolute Gasteiger partial charge is 0.373 e. The molecule has 2 heterocycles. The van der Waals surface area contributed by atoms with Crippen molar-refractivity contribution in [2.75, 3.05) is 18.4 Å². The van der Waals surface area contributed by atoms with Crippen LogP contribution in [-0.2, 0) is 14.8 Å². The molecule has 1 N–H and O–H groups in total. The lowest BCUT2D eigenvalue weighted by Crippen LogP contribution is -2.48. The number of thiazole rings is 1. The number of fused-ring (bicyclic) bond motifs is 1. The van der Waals surface area contributed by atoms with Crippen LogP contribution in [0.2, 0.25) is 5.02 Å². The molecule has 158 valence electrons. The molecule has 1 fully saturated rings. The fraction of sp³-hybridized carbons (Fsp3) is 0.300. The first-order valence-electron chi connectivity index (χ1n) is 9.36. The van der Waals surface area contributed by atoms with Gasteiger partial charge in [-0.3, -0.25) is 10.1 Å². The number of aromatic nitrogens is 1. The van der Waals surface area contributed by atoms with Gasteiger partial charge in [0.15, 0.2) is 5.13 Å². The van der Waals surface area contributed by atoms with Gasteiger partial charge in [0.2, 0.25) is 10.0 Å². The first-order chi connectivity index (χ1) is 14.2. The minimum absolute atomic E-state index is 0.0163. The first-order valence-corrected chi connectivity index (χ1v) is 12.0. The fourth-order valence-corrected chi connectivity index (χ4v) is 6.09. The van der Waals surface area contributed by atoms with E-state index >= 15 is 0 Å². The van der Waals surface area contributed by atoms with Gasteiger partial charge in [-0.05, 0) is 44.2 Å². The highest BCUT2D eigenvalue weighted by Crippen LogP contribution is 2.28. The molecule has 1 amide bonds. The van der Waals surface area contributed by atoms with Gasteiger partial charge in [0.25, 0.3) is 5.91 Å². The quantitative estimate of drug-likeness (QED) is 0.629. The van der Waals surface area contributed by atoms with E-state index < -0.39 is 15.9 Å². The Labute approximate surface area is 183 Å². The molecule has 1 aliphatic heterocycles. The number of ether oxygens (including phenoxy) is 1. The highest BCUT2D eigenvalue weighted by atomic mass is 35.5. The normalized spacial score (nSPS) is 20.4. The number of nitrogens with zero attached hydrogens (tertiary/aromatic N) is 2. The number of anilines is 1. The van der Waals surface area contributed by atoms with E-state index in [4.69, 9.17) is 16.3 Å². The summed E-state index contributed by atoms with van der Waals surface area (Å²) in [6.45, 7) is 4.17. The summed E-state index contributed by atoms with van der Waals surface area (Å²) in [6, 6.07) is 11.7. The number of nitrogens with one attached hydrogen (secondary N) is 1. The highest BCUT2D eigenvalue weighted by Gasteiger charge is 2.32. The van der Waals surface area contributed by atoms with E-state index in [1.165, 1.54) is 33.8 Å². The van der Waals surface area contributed by atoms with Gasteiger partial charge in [-0.1, -0.05) is 35.1 Å². The van der Waals surface area contributed by atoms with Gasteiger partial charge in [0.05, 0.1) is 37.9 Å². The molecule has 1 aromatic heterocycles. The van der Waals surface area contributed by atoms with Crippen molar-refractivity contribution in [1.82, 2.24) is 9.29 Å². The average Bonchev–Trinajstić information content (AvgIpc) is 3.09. The molecule has 0 aliphatic carbocycles. The van der Waals surface area contributed by atoms with Crippen molar-refractivity contribution in [3.05, 3.63) is 53.1 Å². The average molecular weight is 466 g/mol. The van der Waals surface area contributed by atoms with Crippen LogP contribution in [0.4, 0.5) is 5.13 Å². The number of carbonyl (C=O) groups excluding carboxylic acids is 1. The summed E-state index contributed by atoms with van der Waals surface area (Å²) < 4.78 is 34.2. The van der Waals surface area contributed by atoms with Crippen LogP contribution >= 0.6 is 22.9 Å². The van der Waals surface area contributed by atoms with E-state index in [2.05, 4.69) is 10.3 Å². The summed E-state index contributed by atoms with van der Waals surface area (Å²) in [4.78, 5) is 17.2. The Kier molecular flexibility index (Phi) is 5.82. The lowest BCUT2D eigenvalue weighted by atomic mass is 10.2. The molecule has 0 radical (unpaired) electrons. The molecule has 0 saturated carbocycles. The standard InChI is InChI=1S/C20H20ClN3O4S2/c1-12-10-24(11-13(2)28-12)30(26,27)14-7-8-16(21)15(9-14)19(25)23-20-22-17-5-3-4-6-18(17)29-20/h3-9,12-13H,10-11H2,1-2H3,(H,22,23,25). The first kappa shape index (κ1) is 21.2. The number of benzene rings is 2. The van der Waals surface area contributed by atoms with Crippen LogP contribution in [0.1, 0.15) is 24.2 Å². The van der Waals surface area contributed by atoms with Crippen molar-refractivity contribution in [2.24, 2.45) is 0 Å². The van der Waals surface area contributed by atoms with Crippen molar-refractivity contribution in [1.29, 1.82) is 0 Å². The Bertz CT molecular complexity index is 1170. The maximum Gasteiger partial charge on any atom is 0.259 e. The third-order valence-corrected chi connectivity index (χ3v) is 7.83. The molecule has 2 unspecified atom stereocenters. The molecule has 2 aromatic carbocycles. The molecule has 3 aromatic rings.